The molecular formula is C18H17F3. The molecule has 21 heavy (non-hydrogen) atoms. The van der Waals surface area contributed by atoms with Crippen LogP contribution in [-0.2, 0) is 12.6 Å². The highest BCUT2D eigenvalue weighted by Gasteiger charge is 2.32. The van der Waals surface area contributed by atoms with E-state index in [1.165, 1.54) is 30.9 Å². The molecule has 0 atom stereocenters. The van der Waals surface area contributed by atoms with Crippen molar-refractivity contribution in [2.45, 2.75) is 37.8 Å². The van der Waals surface area contributed by atoms with Crippen LogP contribution < -0.4 is 0 Å². The zero-order valence-corrected chi connectivity index (χ0v) is 11.7. The zero-order chi connectivity index (χ0) is 14.9. The average molecular weight is 290 g/mol. The molecule has 0 saturated heterocycles. The number of hydrogen-bond acceptors (Lipinski definition) is 0. The van der Waals surface area contributed by atoms with E-state index in [9.17, 15) is 13.2 Å². The fourth-order valence-electron chi connectivity index (χ4n) is 2.82. The molecular weight excluding hydrogens is 273 g/mol. The van der Waals surface area contributed by atoms with Gasteiger partial charge in [-0.15, -0.1) is 0 Å². The topological polar surface area (TPSA) is 0 Å². The number of rotatable bonds is 3. The second-order valence-electron chi connectivity index (χ2n) is 5.70. The van der Waals surface area contributed by atoms with Gasteiger partial charge in [0.25, 0.3) is 0 Å². The molecule has 1 aliphatic rings. The van der Waals surface area contributed by atoms with E-state index in [0.717, 1.165) is 11.6 Å². The Morgan fingerprint density at radius 1 is 0.905 bits per heavy atom. The highest BCUT2D eigenvalue weighted by atomic mass is 19.4. The van der Waals surface area contributed by atoms with Crippen molar-refractivity contribution in [3.05, 3.63) is 70.8 Å². The third-order valence-corrected chi connectivity index (χ3v) is 4.27. The normalized spacial score (nSPS) is 15.8. The summed E-state index contributed by atoms with van der Waals surface area (Å²) < 4.78 is 38.9. The lowest BCUT2D eigenvalue weighted by Gasteiger charge is -2.25. The van der Waals surface area contributed by atoms with Crippen molar-refractivity contribution < 1.29 is 13.2 Å². The summed E-state index contributed by atoms with van der Waals surface area (Å²) in [6.07, 6.45) is -0.221. The molecule has 1 saturated carbocycles. The Bertz CT molecular complexity index is 607. The predicted octanol–water partition coefficient (Wildman–Crippen LogP) is 5.56. The van der Waals surface area contributed by atoms with E-state index in [0.29, 0.717) is 17.9 Å². The van der Waals surface area contributed by atoms with Gasteiger partial charge in [0.2, 0.25) is 0 Å². The molecule has 0 spiro atoms. The van der Waals surface area contributed by atoms with Crippen LogP contribution in [0.25, 0.3) is 0 Å². The number of alkyl halides is 3. The van der Waals surface area contributed by atoms with Crippen molar-refractivity contribution in [3.8, 4) is 0 Å². The molecule has 0 heterocycles. The van der Waals surface area contributed by atoms with Crippen molar-refractivity contribution in [1.82, 2.24) is 0 Å². The third kappa shape index (κ3) is 3.12. The molecule has 0 radical (unpaired) electrons. The van der Waals surface area contributed by atoms with Crippen molar-refractivity contribution in [2.75, 3.05) is 0 Å². The first-order chi connectivity index (χ1) is 10.0. The molecule has 0 aliphatic heterocycles. The van der Waals surface area contributed by atoms with Gasteiger partial charge >= 0.3 is 6.18 Å². The van der Waals surface area contributed by atoms with Crippen LogP contribution in [0.1, 0.15) is 47.4 Å². The molecule has 3 heteroatoms. The summed E-state index contributed by atoms with van der Waals surface area (Å²) in [4.78, 5) is 0. The van der Waals surface area contributed by atoms with E-state index in [1.54, 1.807) is 12.1 Å². The van der Waals surface area contributed by atoms with Gasteiger partial charge in [-0.1, -0.05) is 48.9 Å². The van der Waals surface area contributed by atoms with Crippen LogP contribution in [0.3, 0.4) is 0 Å². The second kappa shape index (κ2) is 5.55. The molecule has 110 valence electrons. The van der Waals surface area contributed by atoms with E-state index >= 15 is 0 Å². The summed E-state index contributed by atoms with van der Waals surface area (Å²) in [7, 11) is 0. The van der Waals surface area contributed by atoms with Crippen LogP contribution >= 0.6 is 0 Å². The van der Waals surface area contributed by atoms with E-state index in [4.69, 9.17) is 0 Å². The molecule has 0 nitrogen and oxygen atoms in total. The zero-order valence-electron chi connectivity index (χ0n) is 11.7. The summed E-state index contributed by atoms with van der Waals surface area (Å²) in [5, 5.41) is 0. The summed E-state index contributed by atoms with van der Waals surface area (Å²) in [6.45, 7) is 0. The molecule has 0 bridgehead atoms. The van der Waals surface area contributed by atoms with Gasteiger partial charge in [-0.25, -0.2) is 0 Å². The Balaban J connectivity index is 1.80. The summed E-state index contributed by atoms with van der Waals surface area (Å²) >= 11 is 0. The van der Waals surface area contributed by atoms with Gasteiger partial charge < -0.3 is 0 Å². The first-order valence-corrected chi connectivity index (χ1v) is 7.28. The molecule has 2 aromatic rings. The molecule has 0 aromatic heterocycles. The fraction of sp³-hybridized carbons (Fsp3) is 0.333. The Kier molecular flexibility index (Phi) is 3.75. The van der Waals surface area contributed by atoms with Gasteiger partial charge in [0.1, 0.15) is 0 Å². The summed E-state index contributed by atoms with van der Waals surface area (Å²) in [6, 6.07) is 13.9. The Labute approximate surface area is 122 Å². The maximum atomic E-state index is 13.0. The third-order valence-electron chi connectivity index (χ3n) is 4.27. The Hall–Kier alpha value is -1.77. The lowest BCUT2D eigenvalue weighted by Crippen LogP contribution is -2.10. The highest BCUT2D eigenvalue weighted by molar-refractivity contribution is 5.36. The monoisotopic (exact) mass is 290 g/mol. The number of halogens is 3. The number of hydrogen-bond donors (Lipinski definition) is 0. The lowest BCUT2D eigenvalue weighted by atomic mass is 9.80. The lowest BCUT2D eigenvalue weighted by molar-refractivity contribution is -0.138. The maximum Gasteiger partial charge on any atom is 0.416 e. The molecule has 1 aliphatic carbocycles. The standard InChI is InChI=1S/C18H17F3/c19-18(20,21)17-7-2-1-4-16(17)12-13-8-10-15(11-9-13)14-5-3-6-14/h1-2,4,7-11,14H,3,5-6,12H2. The largest absolute Gasteiger partial charge is 0.416 e. The first-order valence-electron chi connectivity index (χ1n) is 7.28. The maximum absolute atomic E-state index is 13.0. The second-order valence-corrected chi connectivity index (χ2v) is 5.70. The van der Waals surface area contributed by atoms with Crippen LogP contribution in [0.2, 0.25) is 0 Å². The SMILES string of the molecule is FC(F)(F)c1ccccc1Cc1ccc(C2CCC2)cc1. The van der Waals surface area contributed by atoms with E-state index in [-0.39, 0.29) is 0 Å². The van der Waals surface area contributed by atoms with Crippen LogP contribution in [0.4, 0.5) is 13.2 Å². The fourth-order valence-corrected chi connectivity index (χ4v) is 2.82. The van der Waals surface area contributed by atoms with Crippen LogP contribution in [0, 0.1) is 0 Å². The van der Waals surface area contributed by atoms with Crippen molar-refractivity contribution in [2.24, 2.45) is 0 Å². The minimum Gasteiger partial charge on any atom is -0.166 e. The van der Waals surface area contributed by atoms with Gasteiger partial charge in [-0.3, -0.25) is 0 Å². The first kappa shape index (κ1) is 14.2. The molecule has 2 aromatic carbocycles. The van der Waals surface area contributed by atoms with Crippen LogP contribution in [0.15, 0.2) is 48.5 Å². The quantitative estimate of drug-likeness (QED) is 0.694. The van der Waals surface area contributed by atoms with E-state index < -0.39 is 11.7 Å². The van der Waals surface area contributed by atoms with Gasteiger partial charge in [-0.2, -0.15) is 13.2 Å². The predicted molar refractivity (Wildman–Crippen MR) is 77.3 cm³/mol. The van der Waals surface area contributed by atoms with Crippen molar-refractivity contribution in [3.63, 3.8) is 0 Å². The molecule has 0 unspecified atom stereocenters. The smallest absolute Gasteiger partial charge is 0.166 e. The molecule has 0 N–H and O–H groups in total. The highest BCUT2D eigenvalue weighted by Crippen LogP contribution is 2.37. The van der Waals surface area contributed by atoms with Crippen LogP contribution in [-0.4, -0.2) is 0 Å². The summed E-state index contributed by atoms with van der Waals surface area (Å²) in [5.41, 5.74) is 2.04. The minimum atomic E-state index is -4.29. The van der Waals surface area contributed by atoms with Gasteiger partial charge in [0.15, 0.2) is 0 Å². The van der Waals surface area contributed by atoms with E-state index in [1.807, 2.05) is 12.1 Å². The Morgan fingerprint density at radius 2 is 1.57 bits per heavy atom. The van der Waals surface area contributed by atoms with Crippen molar-refractivity contribution >= 4 is 0 Å². The van der Waals surface area contributed by atoms with Gasteiger partial charge in [0.05, 0.1) is 5.56 Å². The van der Waals surface area contributed by atoms with Gasteiger partial charge in [0, 0.05) is 0 Å². The van der Waals surface area contributed by atoms with Gasteiger partial charge in [-0.05, 0) is 47.9 Å². The Morgan fingerprint density at radius 3 is 2.14 bits per heavy atom. The average Bonchev–Trinajstić information content (AvgIpc) is 2.38. The van der Waals surface area contributed by atoms with E-state index in [2.05, 4.69) is 12.1 Å². The molecule has 1 fully saturated rings. The molecule has 3 rings (SSSR count). The van der Waals surface area contributed by atoms with Crippen molar-refractivity contribution in [1.29, 1.82) is 0 Å². The van der Waals surface area contributed by atoms with Crippen LogP contribution in [0.5, 0.6) is 0 Å². The minimum absolute atomic E-state index is 0.320. The summed E-state index contributed by atoms with van der Waals surface area (Å²) in [5.74, 6) is 0.654. The number of benzene rings is 2. The molecule has 0 amide bonds.